The molecule has 3 heteroatoms. The van der Waals surface area contributed by atoms with Crippen LogP contribution in [0.5, 0.6) is 0 Å². The maximum atomic E-state index is 10.9. The summed E-state index contributed by atoms with van der Waals surface area (Å²) in [6, 6.07) is 9.67. The number of rotatable bonds is 2. The van der Waals surface area contributed by atoms with Crippen molar-refractivity contribution in [3.8, 4) is 0 Å². The zero-order chi connectivity index (χ0) is 8.10. The summed E-state index contributed by atoms with van der Waals surface area (Å²) in [5.74, 6) is 0.0520. The predicted molar refractivity (Wildman–Crippen MR) is 51.4 cm³/mol. The van der Waals surface area contributed by atoms with Gasteiger partial charge in [-0.1, -0.05) is 30.3 Å². The van der Waals surface area contributed by atoms with Crippen molar-refractivity contribution in [1.82, 2.24) is 5.32 Å². The number of benzene rings is 1. The van der Waals surface area contributed by atoms with Crippen molar-refractivity contribution >= 4 is 24.8 Å². The first-order valence-corrected chi connectivity index (χ1v) is 3.57. The van der Waals surface area contributed by atoms with Crippen LogP contribution in [0, 0.1) is 0 Å². The number of nitrogens with one attached hydrogen (secondary N) is 1. The summed E-state index contributed by atoms with van der Waals surface area (Å²) in [7, 11) is 1.64. The quantitative estimate of drug-likeness (QED) is 0.616. The van der Waals surface area contributed by atoms with E-state index in [1.165, 1.54) is 0 Å². The van der Waals surface area contributed by atoms with Gasteiger partial charge in [-0.15, -0.1) is 0 Å². The van der Waals surface area contributed by atoms with Gasteiger partial charge in [-0.25, -0.2) is 0 Å². The van der Waals surface area contributed by atoms with E-state index >= 15 is 0 Å². The number of carbonyl (C=O) groups excluding carboxylic acids is 1. The van der Waals surface area contributed by atoms with Gasteiger partial charge < -0.3 is 5.32 Å². The molecule has 0 aliphatic rings. The van der Waals surface area contributed by atoms with Gasteiger partial charge in [-0.05, 0) is 5.56 Å². The normalized spacial score (nSPS) is 8.42. The van der Waals surface area contributed by atoms with Gasteiger partial charge in [0.25, 0.3) is 0 Å². The Morgan fingerprint density at radius 2 is 1.92 bits per heavy atom. The molecule has 0 unspecified atom stereocenters. The van der Waals surface area contributed by atoms with Crippen molar-refractivity contribution in [3.63, 3.8) is 0 Å². The van der Waals surface area contributed by atoms with E-state index in [0.717, 1.165) is 5.56 Å². The van der Waals surface area contributed by atoms with Gasteiger partial charge in [0.15, 0.2) is 0 Å². The van der Waals surface area contributed by atoms with Crippen LogP contribution in [0.3, 0.4) is 0 Å². The Labute approximate surface area is 84.5 Å². The van der Waals surface area contributed by atoms with E-state index in [9.17, 15) is 4.79 Å². The van der Waals surface area contributed by atoms with Crippen molar-refractivity contribution in [2.45, 2.75) is 6.42 Å². The van der Waals surface area contributed by atoms with Gasteiger partial charge >= 0.3 is 18.9 Å². The molecule has 0 spiro atoms. The number of hydrogen-bond donors (Lipinski definition) is 1. The third kappa shape index (κ3) is 3.61. The molecule has 0 aliphatic heterocycles. The average Bonchev–Trinajstić information content (AvgIpc) is 2.06. The van der Waals surface area contributed by atoms with Crippen LogP contribution in [-0.2, 0) is 11.2 Å². The molecule has 2 nitrogen and oxygen atoms in total. The summed E-state index contributed by atoms with van der Waals surface area (Å²) < 4.78 is 0. The van der Waals surface area contributed by atoms with E-state index in [0.29, 0.717) is 6.42 Å². The fraction of sp³-hybridized carbons (Fsp3) is 0.222. The molecule has 0 atom stereocenters. The Bertz CT molecular complexity index is 236. The number of amides is 1. The van der Waals surface area contributed by atoms with Gasteiger partial charge in [0.2, 0.25) is 5.91 Å². The van der Waals surface area contributed by atoms with Crippen molar-refractivity contribution in [2.24, 2.45) is 0 Å². The van der Waals surface area contributed by atoms with Gasteiger partial charge in [-0.2, -0.15) is 0 Å². The second kappa shape index (κ2) is 5.88. The van der Waals surface area contributed by atoms with E-state index in [-0.39, 0.29) is 24.8 Å². The molecule has 0 fully saturated rings. The zero-order valence-corrected chi connectivity index (χ0v) is 6.50. The van der Waals surface area contributed by atoms with Gasteiger partial charge in [0, 0.05) is 7.05 Å². The summed E-state index contributed by atoms with van der Waals surface area (Å²) in [6.45, 7) is 0. The maximum absolute atomic E-state index is 10.9. The summed E-state index contributed by atoms with van der Waals surface area (Å²) >= 11 is 0. The monoisotopic (exact) mass is 157 g/mol. The molecule has 0 saturated heterocycles. The molecule has 0 heterocycles. The Morgan fingerprint density at radius 1 is 1.33 bits per heavy atom. The van der Waals surface area contributed by atoms with Crippen LogP contribution in [0.2, 0.25) is 0 Å². The second-order valence-corrected chi connectivity index (χ2v) is 2.34. The Hall–Kier alpha value is -0.713. The first-order valence-electron chi connectivity index (χ1n) is 3.57. The molecule has 1 rings (SSSR count). The number of hydrogen-bond acceptors (Lipinski definition) is 1. The molecular formula is C9H12LiNO. The minimum absolute atomic E-state index is 0. The molecule has 12 heavy (non-hydrogen) atoms. The van der Waals surface area contributed by atoms with Crippen molar-refractivity contribution < 1.29 is 4.79 Å². The third-order valence-corrected chi connectivity index (χ3v) is 1.49. The molecule has 0 aliphatic carbocycles. The summed E-state index contributed by atoms with van der Waals surface area (Å²) in [6.07, 6.45) is 0.470. The van der Waals surface area contributed by atoms with E-state index in [1.54, 1.807) is 7.05 Å². The summed E-state index contributed by atoms with van der Waals surface area (Å²) in [4.78, 5) is 10.9. The molecule has 1 aromatic rings. The third-order valence-electron chi connectivity index (χ3n) is 1.49. The van der Waals surface area contributed by atoms with Crippen molar-refractivity contribution in [2.75, 3.05) is 7.05 Å². The van der Waals surface area contributed by atoms with E-state index in [2.05, 4.69) is 5.32 Å². The molecule has 60 valence electrons. The van der Waals surface area contributed by atoms with Crippen LogP contribution in [0.4, 0.5) is 0 Å². The SMILES string of the molecule is CNC(=O)Cc1ccccc1.[LiH]. The molecule has 0 radical (unpaired) electrons. The zero-order valence-electron chi connectivity index (χ0n) is 6.50. The Kier molecular flexibility index (Phi) is 5.53. The molecule has 0 aromatic heterocycles. The van der Waals surface area contributed by atoms with Crippen LogP contribution in [0.15, 0.2) is 30.3 Å². The number of carbonyl (C=O) groups is 1. The first kappa shape index (κ1) is 11.3. The van der Waals surface area contributed by atoms with Crippen LogP contribution in [-0.4, -0.2) is 31.8 Å². The van der Waals surface area contributed by atoms with Gasteiger partial charge in [-0.3, -0.25) is 4.79 Å². The molecule has 1 amide bonds. The average molecular weight is 157 g/mol. The van der Waals surface area contributed by atoms with Crippen molar-refractivity contribution in [1.29, 1.82) is 0 Å². The molecule has 0 saturated carbocycles. The standard InChI is InChI=1S/C9H11NO.Li.H/c1-10-9(11)7-8-5-3-2-4-6-8;;/h2-6H,7H2,1H3,(H,10,11);;. The molecule has 1 N–H and O–H groups in total. The van der Waals surface area contributed by atoms with E-state index in [4.69, 9.17) is 0 Å². The Balaban J connectivity index is 0.00000121. The second-order valence-electron chi connectivity index (χ2n) is 2.34. The van der Waals surface area contributed by atoms with Crippen LogP contribution >= 0.6 is 0 Å². The topological polar surface area (TPSA) is 29.1 Å². The van der Waals surface area contributed by atoms with Crippen LogP contribution < -0.4 is 5.32 Å². The predicted octanol–water partition coefficient (Wildman–Crippen LogP) is 0.327. The number of likely N-dealkylation sites (N-methyl/N-ethyl adjacent to an activating group) is 1. The molecule has 0 bridgehead atoms. The van der Waals surface area contributed by atoms with Crippen LogP contribution in [0.25, 0.3) is 0 Å². The first-order chi connectivity index (χ1) is 5.33. The van der Waals surface area contributed by atoms with Crippen LogP contribution in [0.1, 0.15) is 5.56 Å². The summed E-state index contributed by atoms with van der Waals surface area (Å²) in [5.41, 5.74) is 1.05. The molecular weight excluding hydrogens is 145 g/mol. The fourth-order valence-corrected chi connectivity index (χ4v) is 0.870. The Morgan fingerprint density at radius 3 is 2.42 bits per heavy atom. The molecule has 1 aromatic carbocycles. The van der Waals surface area contributed by atoms with Crippen molar-refractivity contribution in [3.05, 3.63) is 35.9 Å². The minimum atomic E-state index is 0. The van der Waals surface area contributed by atoms with E-state index in [1.807, 2.05) is 30.3 Å². The fourth-order valence-electron chi connectivity index (χ4n) is 0.870. The van der Waals surface area contributed by atoms with Gasteiger partial charge in [0.1, 0.15) is 0 Å². The van der Waals surface area contributed by atoms with E-state index < -0.39 is 0 Å². The van der Waals surface area contributed by atoms with Gasteiger partial charge in [0.05, 0.1) is 6.42 Å². The summed E-state index contributed by atoms with van der Waals surface area (Å²) in [5, 5.41) is 2.57.